The molecule has 1 saturated heterocycles. The molecule has 1 fully saturated rings. The lowest BCUT2D eigenvalue weighted by molar-refractivity contribution is -0.123. The van der Waals surface area contributed by atoms with Crippen molar-refractivity contribution in [2.75, 3.05) is 29.6 Å². The standard InChI is InChI=1S/C25H22ClN3O3S/c1-32-20-6-4-5-17(15-20)16-28-22-8-3-2-7-21(22)25(23(28)30)29(13-14-33-25)24(31)27-19-11-9-18(26)10-12-19/h2-12,15H,13-14,16H2,1H3,(H,27,31). The minimum Gasteiger partial charge on any atom is -0.497 e. The molecule has 1 atom stereocenters. The summed E-state index contributed by atoms with van der Waals surface area (Å²) in [6.45, 7) is 0.860. The average Bonchev–Trinajstić information content (AvgIpc) is 3.38. The number of carbonyl (C=O) groups is 2. The van der Waals surface area contributed by atoms with Gasteiger partial charge in [0.2, 0.25) is 0 Å². The minimum absolute atomic E-state index is 0.111. The number of thioether (sulfide) groups is 1. The first-order valence-electron chi connectivity index (χ1n) is 10.6. The molecule has 0 saturated carbocycles. The number of carbonyl (C=O) groups excluding carboxylic acids is 2. The minimum atomic E-state index is -1.09. The number of nitrogens with one attached hydrogen (secondary N) is 1. The Labute approximate surface area is 201 Å². The zero-order valence-corrected chi connectivity index (χ0v) is 19.5. The molecule has 0 aliphatic carbocycles. The third-order valence-electron chi connectivity index (χ3n) is 5.92. The number of ether oxygens (including phenoxy) is 1. The number of methoxy groups -OCH3 is 1. The summed E-state index contributed by atoms with van der Waals surface area (Å²) in [4.78, 5) is 29.7. The van der Waals surface area contributed by atoms with Crippen LogP contribution in [0.15, 0.2) is 72.8 Å². The van der Waals surface area contributed by atoms with Crippen LogP contribution in [-0.4, -0.2) is 36.2 Å². The van der Waals surface area contributed by atoms with Crippen LogP contribution in [0.4, 0.5) is 16.2 Å². The Kier molecular flexibility index (Phi) is 5.68. The third-order valence-corrected chi connectivity index (χ3v) is 7.59. The first kappa shape index (κ1) is 21.7. The fourth-order valence-electron chi connectivity index (χ4n) is 4.40. The Morgan fingerprint density at radius 1 is 1.12 bits per heavy atom. The van der Waals surface area contributed by atoms with Gasteiger partial charge in [-0.1, -0.05) is 41.9 Å². The predicted molar refractivity (Wildman–Crippen MR) is 132 cm³/mol. The molecular weight excluding hydrogens is 458 g/mol. The molecule has 33 heavy (non-hydrogen) atoms. The van der Waals surface area contributed by atoms with E-state index in [0.717, 1.165) is 22.6 Å². The smallest absolute Gasteiger partial charge is 0.323 e. The van der Waals surface area contributed by atoms with Crippen molar-refractivity contribution < 1.29 is 14.3 Å². The molecule has 1 spiro atoms. The number of anilines is 2. The second-order valence-electron chi connectivity index (χ2n) is 7.84. The normalized spacial score (nSPS) is 19.2. The van der Waals surface area contributed by atoms with Gasteiger partial charge in [0.05, 0.1) is 19.3 Å². The monoisotopic (exact) mass is 479 g/mol. The summed E-state index contributed by atoms with van der Waals surface area (Å²) >= 11 is 7.47. The molecule has 3 aromatic carbocycles. The van der Waals surface area contributed by atoms with Gasteiger partial charge in [-0.25, -0.2) is 4.79 Å². The molecular formula is C25H22ClN3O3S. The van der Waals surface area contributed by atoms with Gasteiger partial charge in [0.15, 0.2) is 4.87 Å². The number of rotatable bonds is 4. The molecule has 0 bridgehead atoms. The maximum absolute atomic E-state index is 14.0. The van der Waals surface area contributed by atoms with Crippen LogP contribution in [-0.2, 0) is 16.2 Å². The fourth-order valence-corrected chi connectivity index (χ4v) is 5.99. The molecule has 0 aromatic heterocycles. The van der Waals surface area contributed by atoms with Crippen LogP contribution in [0.1, 0.15) is 11.1 Å². The van der Waals surface area contributed by atoms with E-state index in [1.54, 1.807) is 41.2 Å². The number of amides is 3. The van der Waals surface area contributed by atoms with Gasteiger partial charge in [0, 0.05) is 28.6 Å². The Morgan fingerprint density at radius 3 is 2.70 bits per heavy atom. The van der Waals surface area contributed by atoms with Gasteiger partial charge in [-0.2, -0.15) is 0 Å². The van der Waals surface area contributed by atoms with Gasteiger partial charge < -0.3 is 15.0 Å². The van der Waals surface area contributed by atoms with E-state index in [0.29, 0.717) is 29.6 Å². The van der Waals surface area contributed by atoms with Crippen LogP contribution in [0.25, 0.3) is 0 Å². The SMILES string of the molecule is COc1cccc(CN2C(=O)C3(SCCN3C(=O)Nc3ccc(Cl)cc3)c3ccccc32)c1. The second-order valence-corrected chi connectivity index (χ2v) is 9.57. The van der Waals surface area contributed by atoms with Crippen LogP contribution >= 0.6 is 23.4 Å². The summed E-state index contributed by atoms with van der Waals surface area (Å²) in [6, 6.07) is 22.0. The molecule has 2 aliphatic heterocycles. The van der Waals surface area contributed by atoms with Gasteiger partial charge in [0.25, 0.3) is 5.91 Å². The molecule has 2 aliphatic rings. The zero-order valence-electron chi connectivity index (χ0n) is 18.0. The zero-order chi connectivity index (χ0) is 23.0. The molecule has 3 aromatic rings. The largest absolute Gasteiger partial charge is 0.497 e. The van der Waals surface area contributed by atoms with Crippen LogP contribution in [0.5, 0.6) is 5.75 Å². The van der Waals surface area contributed by atoms with Gasteiger partial charge in [0.1, 0.15) is 5.75 Å². The van der Waals surface area contributed by atoms with Crippen molar-refractivity contribution >= 4 is 46.7 Å². The number of benzene rings is 3. The number of hydrogen-bond donors (Lipinski definition) is 1. The van der Waals surface area contributed by atoms with Crippen molar-refractivity contribution in [2.45, 2.75) is 11.4 Å². The van der Waals surface area contributed by atoms with E-state index in [-0.39, 0.29) is 11.9 Å². The summed E-state index contributed by atoms with van der Waals surface area (Å²) in [5, 5.41) is 3.51. The molecule has 5 rings (SSSR count). The van der Waals surface area contributed by atoms with E-state index in [2.05, 4.69) is 5.32 Å². The third kappa shape index (κ3) is 3.71. The topological polar surface area (TPSA) is 61.9 Å². The van der Waals surface area contributed by atoms with Crippen molar-refractivity contribution in [3.8, 4) is 5.75 Å². The molecule has 0 radical (unpaired) electrons. The highest BCUT2D eigenvalue weighted by molar-refractivity contribution is 8.01. The van der Waals surface area contributed by atoms with Gasteiger partial charge in [-0.3, -0.25) is 9.69 Å². The van der Waals surface area contributed by atoms with Crippen molar-refractivity contribution in [3.05, 3.63) is 88.9 Å². The van der Waals surface area contributed by atoms with E-state index in [9.17, 15) is 9.59 Å². The van der Waals surface area contributed by atoms with Crippen molar-refractivity contribution in [1.82, 2.24) is 4.90 Å². The predicted octanol–water partition coefficient (Wildman–Crippen LogP) is 5.33. The van der Waals surface area contributed by atoms with Gasteiger partial charge in [-0.15, -0.1) is 11.8 Å². The second kappa shape index (κ2) is 8.65. The lowest BCUT2D eigenvalue weighted by Gasteiger charge is -2.33. The molecule has 1 N–H and O–H groups in total. The van der Waals surface area contributed by atoms with Gasteiger partial charge >= 0.3 is 6.03 Å². The number of fused-ring (bicyclic) bond motifs is 2. The Bertz CT molecular complexity index is 1220. The molecule has 8 heteroatoms. The molecule has 2 heterocycles. The number of urea groups is 1. The van der Waals surface area contributed by atoms with E-state index in [1.807, 2.05) is 48.5 Å². The maximum Gasteiger partial charge on any atom is 0.323 e. The molecule has 3 amide bonds. The van der Waals surface area contributed by atoms with E-state index < -0.39 is 4.87 Å². The highest BCUT2D eigenvalue weighted by Gasteiger charge is 2.59. The van der Waals surface area contributed by atoms with Crippen LogP contribution in [0, 0.1) is 0 Å². The highest BCUT2D eigenvalue weighted by atomic mass is 35.5. The summed E-state index contributed by atoms with van der Waals surface area (Å²) in [7, 11) is 1.62. The Hall–Kier alpha value is -3.16. The summed E-state index contributed by atoms with van der Waals surface area (Å²) in [5.74, 6) is 1.29. The van der Waals surface area contributed by atoms with Crippen molar-refractivity contribution in [3.63, 3.8) is 0 Å². The van der Waals surface area contributed by atoms with E-state index >= 15 is 0 Å². The molecule has 1 unspecified atom stereocenters. The van der Waals surface area contributed by atoms with Crippen LogP contribution in [0.3, 0.4) is 0 Å². The molecule has 6 nitrogen and oxygen atoms in total. The maximum atomic E-state index is 14.0. The van der Waals surface area contributed by atoms with Crippen molar-refractivity contribution in [2.24, 2.45) is 0 Å². The van der Waals surface area contributed by atoms with Crippen LogP contribution in [0.2, 0.25) is 5.02 Å². The summed E-state index contributed by atoms with van der Waals surface area (Å²) in [5.41, 5.74) is 3.24. The highest BCUT2D eigenvalue weighted by Crippen LogP contribution is 2.54. The van der Waals surface area contributed by atoms with Crippen molar-refractivity contribution in [1.29, 1.82) is 0 Å². The molecule has 168 valence electrons. The fraction of sp³-hybridized carbons (Fsp3) is 0.200. The lowest BCUT2D eigenvalue weighted by atomic mass is 10.1. The van der Waals surface area contributed by atoms with Gasteiger partial charge in [-0.05, 0) is 48.0 Å². The number of halogens is 1. The number of hydrogen-bond acceptors (Lipinski definition) is 4. The average molecular weight is 480 g/mol. The summed E-state index contributed by atoms with van der Waals surface area (Å²) < 4.78 is 5.34. The lowest BCUT2D eigenvalue weighted by Crippen LogP contribution is -2.51. The first-order valence-corrected chi connectivity index (χ1v) is 11.9. The van der Waals surface area contributed by atoms with E-state index in [1.165, 1.54) is 11.8 Å². The first-order chi connectivity index (χ1) is 16.0. The summed E-state index contributed by atoms with van der Waals surface area (Å²) in [6.07, 6.45) is 0. The quantitative estimate of drug-likeness (QED) is 0.549. The Morgan fingerprint density at radius 2 is 1.91 bits per heavy atom. The number of nitrogens with zero attached hydrogens (tertiary/aromatic N) is 2. The van der Waals surface area contributed by atoms with E-state index in [4.69, 9.17) is 16.3 Å². The number of para-hydroxylation sites is 1. The van der Waals surface area contributed by atoms with Crippen LogP contribution < -0.4 is 15.0 Å². The Balaban J connectivity index is 1.49.